The number of hydrogen-bond acceptors (Lipinski definition) is 4. The van der Waals surface area contributed by atoms with Crippen LogP contribution in [-0.2, 0) is 4.79 Å². The fourth-order valence-electron chi connectivity index (χ4n) is 2.02. The molecule has 0 amide bonds. The quantitative estimate of drug-likeness (QED) is 0.283. The largest absolute Gasteiger partial charge is 0.423 e. The van der Waals surface area contributed by atoms with Crippen molar-refractivity contribution < 1.29 is 23.5 Å². The number of rotatable bonds is 7. The topological polar surface area (TPSA) is 52.6 Å². The third-order valence-electron chi connectivity index (χ3n) is 3.39. The summed E-state index contributed by atoms with van der Waals surface area (Å²) in [5.74, 6) is -1.46. The van der Waals surface area contributed by atoms with Crippen LogP contribution in [0.4, 0.5) is 4.39 Å². The van der Waals surface area contributed by atoms with E-state index in [-0.39, 0.29) is 16.3 Å². The monoisotopic (exact) mass is 376 g/mol. The lowest BCUT2D eigenvalue weighted by molar-refractivity contribution is -0.129. The van der Waals surface area contributed by atoms with Gasteiger partial charge in [-0.1, -0.05) is 37.4 Å². The van der Waals surface area contributed by atoms with Gasteiger partial charge in [-0.05, 0) is 42.8 Å². The van der Waals surface area contributed by atoms with Crippen LogP contribution in [0.2, 0.25) is 5.02 Å². The molecule has 0 aromatic heterocycles. The second-order valence-electron chi connectivity index (χ2n) is 5.46. The second-order valence-corrected chi connectivity index (χ2v) is 5.86. The van der Waals surface area contributed by atoms with Crippen molar-refractivity contribution in [2.24, 2.45) is 0 Å². The second kappa shape index (κ2) is 9.73. The van der Waals surface area contributed by atoms with E-state index >= 15 is 0 Å². The van der Waals surface area contributed by atoms with Gasteiger partial charge in [0.2, 0.25) is 0 Å². The van der Waals surface area contributed by atoms with Crippen LogP contribution in [-0.4, -0.2) is 11.9 Å². The van der Waals surface area contributed by atoms with Gasteiger partial charge in [0.1, 0.15) is 17.3 Å². The van der Waals surface area contributed by atoms with Crippen LogP contribution in [0.3, 0.4) is 0 Å². The number of unbranched alkanes of at least 4 members (excludes halogenated alkanes) is 2. The van der Waals surface area contributed by atoms with Gasteiger partial charge in [0.25, 0.3) is 0 Å². The Morgan fingerprint density at radius 1 is 1.08 bits per heavy atom. The van der Waals surface area contributed by atoms with Gasteiger partial charge in [-0.3, -0.25) is 0 Å². The summed E-state index contributed by atoms with van der Waals surface area (Å²) in [5, 5.41) is -0.0558. The summed E-state index contributed by atoms with van der Waals surface area (Å²) in [6.45, 7) is 2.07. The van der Waals surface area contributed by atoms with Crippen LogP contribution in [0.15, 0.2) is 54.6 Å². The molecule has 0 aliphatic rings. The third-order valence-corrected chi connectivity index (χ3v) is 3.69. The molecule has 0 aliphatic carbocycles. The molecule has 2 rings (SSSR count). The SMILES string of the molecule is CCCCC=CC(=O)Oc1ccc(C(=O)Oc2ccc(Cl)c(F)c2)cc1. The Balaban J connectivity index is 1.93. The molecule has 6 heteroatoms. The first-order valence-electron chi connectivity index (χ1n) is 8.15. The number of benzene rings is 2. The molecule has 0 saturated heterocycles. The molecule has 0 N–H and O–H groups in total. The summed E-state index contributed by atoms with van der Waals surface area (Å²) in [4.78, 5) is 23.7. The van der Waals surface area contributed by atoms with E-state index in [1.165, 1.54) is 42.5 Å². The van der Waals surface area contributed by atoms with Gasteiger partial charge in [-0.15, -0.1) is 0 Å². The minimum atomic E-state index is -0.675. The summed E-state index contributed by atoms with van der Waals surface area (Å²) in [6.07, 6.45) is 6.04. The fraction of sp³-hybridized carbons (Fsp3) is 0.200. The molecule has 2 aromatic rings. The number of allylic oxidation sites excluding steroid dienone is 1. The third kappa shape index (κ3) is 6.01. The molecule has 0 radical (unpaired) electrons. The molecule has 0 bridgehead atoms. The van der Waals surface area contributed by atoms with E-state index in [0.717, 1.165) is 25.3 Å². The number of ether oxygens (including phenoxy) is 2. The van der Waals surface area contributed by atoms with Crippen molar-refractivity contribution in [1.29, 1.82) is 0 Å². The van der Waals surface area contributed by atoms with Crippen LogP contribution in [0.25, 0.3) is 0 Å². The lowest BCUT2D eigenvalue weighted by Gasteiger charge is -2.06. The summed E-state index contributed by atoms with van der Waals surface area (Å²) in [6, 6.07) is 9.60. The van der Waals surface area contributed by atoms with Gasteiger partial charge in [0.15, 0.2) is 0 Å². The minimum absolute atomic E-state index is 0.0459. The number of hydrogen-bond donors (Lipinski definition) is 0. The van der Waals surface area contributed by atoms with Gasteiger partial charge in [0.05, 0.1) is 10.6 Å². The zero-order valence-corrected chi connectivity index (χ0v) is 15.0. The smallest absolute Gasteiger partial charge is 0.343 e. The predicted molar refractivity (Wildman–Crippen MR) is 97.1 cm³/mol. The van der Waals surface area contributed by atoms with E-state index in [4.69, 9.17) is 21.1 Å². The number of halogens is 2. The molecule has 0 aliphatic heterocycles. The molecule has 136 valence electrons. The fourth-order valence-corrected chi connectivity index (χ4v) is 2.13. The molecule has 0 saturated carbocycles. The average molecular weight is 377 g/mol. The maximum absolute atomic E-state index is 13.4. The van der Waals surface area contributed by atoms with Crippen molar-refractivity contribution in [3.8, 4) is 11.5 Å². The summed E-state index contributed by atoms with van der Waals surface area (Å²) in [5.41, 5.74) is 0.235. The van der Waals surface area contributed by atoms with Crippen LogP contribution in [0.1, 0.15) is 36.5 Å². The average Bonchev–Trinajstić information content (AvgIpc) is 2.62. The first kappa shape index (κ1) is 19.7. The lowest BCUT2D eigenvalue weighted by atomic mass is 10.2. The number of carbonyl (C=O) groups excluding carboxylic acids is 2. The van der Waals surface area contributed by atoms with Crippen LogP contribution >= 0.6 is 11.6 Å². The van der Waals surface area contributed by atoms with E-state index in [0.29, 0.717) is 5.75 Å². The van der Waals surface area contributed by atoms with Crippen molar-refractivity contribution in [2.75, 3.05) is 0 Å². The predicted octanol–water partition coefficient (Wildman–Crippen LogP) is 5.35. The Labute approximate surface area is 156 Å². The van der Waals surface area contributed by atoms with Crippen LogP contribution in [0, 0.1) is 5.82 Å². The number of carbonyl (C=O) groups is 2. The number of esters is 2. The van der Waals surface area contributed by atoms with Crippen molar-refractivity contribution in [3.05, 3.63) is 71.0 Å². The Hall–Kier alpha value is -2.66. The summed E-state index contributed by atoms with van der Waals surface area (Å²) < 4.78 is 23.6. The molecular formula is C20H18ClFO4. The Morgan fingerprint density at radius 3 is 2.42 bits per heavy atom. The maximum Gasteiger partial charge on any atom is 0.343 e. The molecule has 0 unspecified atom stereocenters. The van der Waals surface area contributed by atoms with Gasteiger partial charge in [-0.25, -0.2) is 14.0 Å². The first-order chi connectivity index (χ1) is 12.5. The molecule has 0 atom stereocenters. The minimum Gasteiger partial charge on any atom is -0.423 e. The molecule has 0 heterocycles. The highest BCUT2D eigenvalue weighted by Crippen LogP contribution is 2.21. The van der Waals surface area contributed by atoms with Crippen molar-refractivity contribution >= 4 is 23.5 Å². The standard InChI is InChI=1S/C20H18ClFO4/c1-2-3-4-5-6-19(23)25-15-9-7-14(8-10-15)20(24)26-16-11-12-17(21)18(22)13-16/h5-13H,2-4H2,1H3. The molecule has 4 nitrogen and oxygen atoms in total. The summed E-state index contributed by atoms with van der Waals surface area (Å²) >= 11 is 5.58. The van der Waals surface area contributed by atoms with Crippen LogP contribution in [0.5, 0.6) is 11.5 Å². The molecule has 2 aromatic carbocycles. The van der Waals surface area contributed by atoms with Gasteiger partial charge < -0.3 is 9.47 Å². The molecular weight excluding hydrogens is 359 g/mol. The normalized spacial score (nSPS) is 10.7. The van der Waals surface area contributed by atoms with Crippen molar-refractivity contribution in [3.63, 3.8) is 0 Å². The van der Waals surface area contributed by atoms with Gasteiger partial charge in [0, 0.05) is 12.1 Å². The molecule has 0 fully saturated rings. The highest BCUT2D eigenvalue weighted by Gasteiger charge is 2.11. The highest BCUT2D eigenvalue weighted by molar-refractivity contribution is 6.30. The van der Waals surface area contributed by atoms with Crippen molar-refractivity contribution in [2.45, 2.75) is 26.2 Å². The zero-order valence-electron chi connectivity index (χ0n) is 14.2. The van der Waals surface area contributed by atoms with E-state index in [1.54, 1.807) is 6.08 Å². The summed E-state index contributed by atoms with van der Waals surface area (Å²) in [7, 11) is 0. The van der Waals surface area contributed by atoms with Crippen molar-refractivity contribution in [1.82, 2.24) is 0 Å². The Morgan fingerprint density at radius 2 is 1.77 bits per heavy atom. The van der Waals surface area contributed by atoms with E-state index in [9.17, 15) is 14.0 Å². The van der Waals surface area contributed by atoms with E-state index in [1.807, 2.05) is 0 Å². The van der Waals surface area contributed by atoms with Gasteiger partial charge in [-0.2, -0.15) is 0 Å². The van der Waals surface area contributed by atoms with E-state index < -0.39 is 17.8 Å². The van der Waals surface area contributed by atoms with Gasteiger partial charge >= 0.3 is 11.9 Å². The Kier molecular flexibility index (Phi) is 7.36. The molecule has 0 spiro atoms. The highest BCUT2D eigenvalue weighted by atomic mass is 35.5. The lowest BCUT2D eigenvalue weighted by Crippen LogP contribution is -2.09. The van der Waals surface area contributed by atoms with E-state index in [2.05, 4.69) is 6.92 Å². The zero-order chi connectivity index (χ0) is 18.9. The first-order valence-corrected chi connectivity index (χ1v) is 8.53. The van der Waals surface area contributed by atoms with Crippen LogP contribution < -0.4 is 9.47 Å². The molecule has 26 heavy (non-hydrogen) atoms. The Bertz CT molecular complexity index is 800. The maximum atomic E-state index is 13.4.